The second-order valence-corrected chi connectivity index (χ2v) is 4.80. The second-order valence-electron chi connectivity index (χ2n) is 4.80. The molecule has 1 aromatic heterocycles. The minimum atomic E-state index is -0.602. The largest absolute Gasteiger partial charge is 0.386 e. The van der Waals surface area contributed by atoms with Crippen LogP contribution < -0.4 is 10.6 Å². The first-order valence-electron chi connectivity index (χ1n) is 7.07. The van der Waals surface area contributed by atoms with Crippen molar-refractivity contribution in [1.82, 2.24) is 15.6 Å². The van der Waals surface area contributed by atoms with Crippen LogP contribution in [-0.2, 0) is 0 Å². The number of rotatable bonds is 5. The standard InChI is InChI=1S/C15H22N4O/c1-2-17-15(19-13-5-3-4-6-13)18-11-14(20)12-7-9-16-10-8-12/h3-4,7-10,13-14,20H,2,5-6,11H2,1H3,(H2,17,18,19). The Hall–Kier alpha value is -1.88. The average Bonchev–Trinajstić information content (AvgIpc) is 2.98. The van der Waals surface area contributed by atoms with E-state index in [0.29, 0.717) is 12.6 Å². The Morgan fingerprint density at radius 1 is 1.40 bits per heavy atom. The van der Waals surface area contributed by atoms with E-state index in [-0.39, 0.29) is 0 Å². The van der Waals surface area contributed by atoms with Crippen LogP contribution in [0.3, 0.4) is 0 Å². The molecule has 1 atom stereocenters. The molecule has 0 fully saturated rings. The number of aliphatic hydroxyl groups excluding tert-OH is 1. The molecule has 3 N–H and O–H groups in total. The fourth-order valence-corrected chi connectivity index (χ4v) is 2.12. The predicted molar refractivity (Wildman–Crippen MR) is 80.5 cm³/mol. The van der Waals surface area contributed by atoms with Gasteiger partial charge in [-0.25, -0.2) is 0 Å². The van der Waals surface area contributed by atoms with Gasteiger partial charge >= 0.3 is 0 Å². The van der Waals surface area contributed by atoms with Gasteiger partial charge in [0.2, 0.25) is 0 Å². The normalized spacial score (nSPS) is 17.2. The van der Waals surface area contributed by atoms with Crippen LogP contribution in [0.15, 0.2) is 41.7 Å². The molecule has 1 aliphatic carbocycles. The number of nitrogens with one attached hydrogen (secondary N) is 2. The Bertz CT molecular complexity index is 450. The molecule has 0 saturated carbocycles. The molecule has 1 aliphatic rings. The van der Waals surface area contributed by atoms with Crippen LogP contribution >= 0.6 is 0 Å². The minimum absolute atomic E-state index is 0.333. The van der Waals surface area contributed by atoms with E-state index in [1.165, 1.54) is 0 Å². The molecule has 108 valence electrons. The number of aliphatic hydroxyl groups is 1. The summed E-state index contributed by atoms with van der Waals surface area (Å²) in [5.41, 5.74) is 0.835. The van der Waals surface area contributed by atoms with Crippen LogP contribution in [0.2, 0.25) is 0 Å². The molecule has 5 heteroatoms. The molecule has 0 aromatic carbocycles. The first kappa shape index (κ1) is 14.5. The lowest BCUT2D eigenvalue weighted by Crippen LogP contribution is -2.42. The molecule has 0 saturated heterocycles. The van der Waals surface area contributed by atoms with Gasteiger partial charge in [-0.05, 0) is 37.5 Å². The highest BCUT2D eigenvalue weighted by Gasteiger charge is 2.12. The van der Waals surface area contributed by atoms with E-state index in [1.54, 1.807) is 24.5 Å². The first-order valence-corrected chi connectivity index (χ1v) is 7.07. The Morgan fingerprint density at radius 3 is 2.75 bits per heavy atom. The lowest BCUT2D eigenvalue weighted by Gasteiger charge is -2.17. The topological polar surface area (TPSA) is 69.5 Å². The van der Waals surface area contributed by atoms with Gasteiger partial charge in [-0.1, -0.05) is 12.2 Å². The Morgan fingerprint density at radius 2 is 2.10 bits per heavy atom. The summed E-state index contributed by atoms with van der Waals surface area (Å²) >= 11 is 0. The van der Waals surface area contributed by atoms with Gasteiger partial charge in [0.05, 0.1) is 12.6 Å². The van der Waals surface area contributed by atoms with E-state index in [0.717, 1.165) is 30.9 Å². The molecule has 1 heterocycles. The Kier molecular flexibility index (Phi) is 5.55. The molecule has 0 aliphatic heterocycles. The molecular weight excluding hydrogens is 252 g/mol. The van der Waals surface area contributed by atoms with Crippen LogP contribution in [0.25, 0.3) is 0 Å². The molecule has 0 bridgehead atoms. The molecular formula is C15H22N4O. The fraction of sp³-hybridized carbons (Fsp3) is 0.467. The second kappa shape index (κ2) is 7.65. The summed E-state index contributed by atoms with van der Waals surface area (Å²) in [5, 5.41) is 16.7. The van der Waals surface area contributed by atoms with Gasteiger partial charge in [-0.15, -0.1) is 0 Å². The molecule has 0 radical (unpaired) electrons. The van der Waals surface area contributed by atoms with E-state index in [2.05, 4.69) is 32.8 Å². The molecule has 0 spiro atoms. The van der Waals surface area contributed by atoms with Gasteiger partial charge < -0.3 is 15.7 Å². The highest BCUT2D eigenvalue weighted by Crippen LogP contribution is 2.12. The van der Waals surface area contributed by atoms with Crippen molar-refractivity contribution in [3.8, 4) is 0 Å². The maximum Gasteiger partial charge on any atom is 0.191 e. The Balaban J connectivity index is 1.90. The first-order chi connectivity index (χ1) is 9.79. The van der Waals surface area contributed by atoms with Gasteiger partial charge in [0.15, 0.2) is 5.96 Å². The third kappa shape index (κ3) is 4.35. The summed E-state index contributed by atoms with van der Waals surface area (Å²) in [7, 11) is 0. The third-order valence-corrected chi connectivity index (χ3v) is 3.21. The van der Waals surface area contributed by atoms with Crippen molar-refractivity contribution in [3.63, 3.8) is 0 Å². The van der Waals surface area contributed by atoms with E-state index in [1.807, 2.05) is 6.92 Å². The summed E-state index contributed by atoms with van der Waals surface area (Å²) < 4.78 is 0. The summed E-state index contributed by atoms with van der Waals surface area (Å²) in [6, 6.07) is 4.02. The summed E-state index contributed by atoms with van der Waals surface area (Å²) in [5.74, 6) is 0.759. The zero-order valence-corrected chi connectivity index (χ0v) is 11.8. The Labute approximate surface area is 119 Å². The van der Waals surface area contributed by atoms with Crippen LogP contribution in [0.5, 0.6) is 0 Å². The summed E-state index contributed by atoms with van der Waals surface area (Å²) in [4.78, 5) is 8.39. The van der Waals surface area contributed by atoms with Crippen molar-refractivity contribution in [1.29, 1.82) is 0 Å². The monoisotopic (exact) mass is 274 g/mol. The number of aromatic nitrogens is 1. The van der Waals surface area contributed by atoms with Gasteiger partial charge in [0.25, 0.3) is 0 Å². The van der Waals surface area contributed by atoms with Crippen LogP contribution in [0.1, 0.15) is 31.4 Å². The highest BCUT2D eigenvalue weighted by atomic mass is 16.3. The minimum Gasteiger partial charge on any atom is -0.386 e. The van der Waals surface area contributed by atoms with E-state index < -0.39 is 6.10 Å². The lowest BCUT2D eigenvalue weighted by atomic mass is 10.1. The maximum atomic E-state index is 10.1. The smallest absolute Gasteiger partial charge is 0.191 e. The fourth-order valence-electron chi connectivity index (χ4n) is 2.12. The molecule has 2 rings (SSSR count). The number of hydrogen-bond donors (Lipinski definition) is 3. The van der Waals surface area contributed by atoms with Crippen LogP contribution in [-0.4, -0.2) is 35.2 Å². The van der Waals surface area contributed by atoms with Gasteiger partial charge in [-0.3, -0.25) is 9.98 Å². The van der Waals surface area contributed by atoms with Gasteiger partial charge in [-0.2, -0.15) is 0 Å². The maximum absolute atomic E-state index is 10.1. The lowest BCUT2D eigenvalue weighted by molar-refractivity contribution is 0.187. The van der Waals surface area contributed by atoms with Gasteiger partial charge in [0, 0.05) is 25.0 Å². The van der Waals surface area contributed by atoms with Crippen molar-refractivity contribution in [3.05, 3.63) is 42.2 Å². The molecule has 1 unspecified atom stereocenters. The number of nitrogens with zero attached hydrogens (tertiary/aromatic N) is 2. The quantitative estimate of drug-likeness (QED) is 0.431. The third-order valence-electron chi connectivity index (χ3n) is 3.21. The summed E-state index contributed by atoms with van der Waals surface area (Å²) in [6.45, 7) is 3.17. The predicted octanol–water partition coefficient (Wildman–Crippen LogP) is 1.39. The highest BCUT2D eigenvalue weighted by molar-refractivity contribution is 5.80. The zero-order valence-electron chi connectivity index (χ0n) is 11.8. The van der Waals surface area contributed by atoms with E-state index >= 15 is 0 Å². The average molecular weight is 274 g/mol. The van der Waals surface area contributed by atoms with Crippen LogP contribution in [0.4, 0.5) is 0 Å². The molecule has 0 amide bonds. The van der Waals surface area contributed by atoms with Crippen molar-refractivity contribution in [2.75, 3.05) is 13.1 Å². The zero-order chi connectivity index (χ0) is 14.2. The van der Waals surface area contributed by atoms with Crippen LogP contribution in [0, 0.1) is 0 Å². The molecule has 1 aromatic rings. The van der Waals surface area contributed by atoms with Crippen molar-refractivity contribution in [2.24, 2.45) is 4.99 Å². The van der Waals surface area contributed by atoms with Crippen molar-refractivity contribution < 1.29 is 5.11 Å². The molecule has 5 nitrogen and oxygen atoms in total. The number of pyridine rings is 1. The SMILES string of the molecule is CCNC(=NCC(O)c1ccncc1)NC1CC=CC1. The number of aliphatic imine (C=N–C) groups is 1. The number of hydrogen-bond acceptors (Lipinski definition) is 3. The number of guanidine groups is 1. The molecule has 20 heavy (non-hydrogen) atoms. The van der Waals surface area contributed by atoms with Gasteiger partial charge in [0.1, 0.15) is 0 Å². The van der Waals surface area contributed by atoms with E-state index in [4.69, 9.17) is 0 Å². The summed E-state index contributed by atoms with van der Waals surface area (Å²) in [6.07, 6.45) is 9.15. The van der Waals surface area contributed by atoms with Crippen molar-refractivity contribution in [2.45, 2.75) is 31.9 Å². The van der Waals surface area contributed by atoms with Crippen molar-refractivity contribution >= 4 is 5.96 Å². The van der Waals surface area contributed by atoms with E-state index in [9.17, 15) is 5.11 Å².